The summed E-state index contributed by atoms with van der Waals surface area (Å²) in [5.74, 6) is 0. The summed E-state index contributed by atoms with van der Waals surface area (Å²) < 4.78 is 5.73. The summed E-state index contributed by atoms with van der Waals surface area (Å²) in [4.78, 5) is 2.55. The quantitative estimate of drug-likeness (QED) is 0.841. The molecule has 3 nitrogen and oxygen atoms in total. The van der Waals surface area contributed by atoms with E-state index in [0.717, 1.165) is 39.3 Å². The molecule has 0 aromatic heterocycles. The van der Waals surface area contributed by atoms with Crippen molar-refractivity contribution in [3.05, 3.63) is 29.8 Å². The maximum absolute atomic E-state index is 5.73. The summed E-state index contributed by atoms with van der Waals surface area (Å²) in [5, 5.41) is 3.86. The number of nitrogens with one attached hydrogen (secondary N) is 1. The van der Waals surface area contributed by atoms with Gasteiger partial charge in [0.1, 0.15) is 0 Å². The van der Waals surface area contributed by atoms with Crippen molar-refractivity contribution >= 4 is 5.69 Å². The first-order chi connectivity index (χ1) is 10.3. The summed E-state index contributed by atoms with van der Waals surface area (Å²) in [6, 6.07) is 8.84. The minimum absolute atomic E-state index is 0.323. The van der Waals surface area contributed by atoms with E-state index in [4.69, 9.17) is 4.74 Å². The van der Waals surface area contributed by atoms with Crippen molar-refractivity contribution in [2.75, 3.05) is 31.2 Å². The molecule has 0 radical (unpaired) electrons. The normalized spacial score (nSPS) is 20.5. The second-order valence-corrected chi connectivity index (χ2v) is 6.50. The van der Waals surface area contributed by atoms with Gasteiger partial charge in [0, 0.05) is 37.5 Å². The van der Waals surface area contributed by atoms with Crippen molar-refractivity contribution in [1.29, 1.82) is 0 Å². The predicted molar refractivity (Wildman–Crippen MR) is 87.8 cm³/mol. The standard InChI is InChI=1S/C18H28N2O/c1-2-12-21-13-11-20-15-18(9-5-6-10-18)19-14-16-7-3-4-8-17(16)20/h3-4,7-8,19H,2,5-6,9-15H2,1H3. The molecule has 1 aliphatic heterocycles. The van der Waals surface area contributed by atoms with E-state index in [1.54, 1.807) is 0 Å². The first kappa shape index (κ1) is 14.9. The summed E-state index contributed by atoms with van der Waals surface area (Å²) in [6.45, 7) is 7.00. The Balaban J connectivity index is 1.75. The molecule has 1 saturated carbocycles. The number of anilines is 1. The number of ether oxygens (including phenoxy) is 1. The lowest BCUT2D eigenvalue weighted by Crippen LogP contribution is -2.50. The van der Waals surface area contributed by atoms with Gasteiger partial charge < -0.3 is 15.0 Å². The zero-order valence-corrected chi connectivity index (χ0v) is 13.2. The van der Waals surface area contributed by atoms with E-state index in [2.05, 4.69) is 41.4 Å². The topological polar surface area (TPSA) is 24.5 Å². The molecule has 0 amide bonds. The van der Waals surface area contributed by atoms with Crippen LogP contribution in [0.3, 0.4) is 0 Å². The van der Waals surface area contributed by atoms with E-state index in [0.29, 0.717) is 5.54 Å². The van der Waals surface area contributed by atoms with Gasteiger partial charge in [-0.1, -0.05) is 38.0 Å². The number of nitrogens with zero attached hydrogens (tertiary/aromatic N) is 1. The van der Waals surface area contributed by atoms with Crippen LogP contribution in [0.5, 0.6) is 0 Å². The van der Waals surface area contributed by atoms with Crippen LogP contribution >= 0.6 is 0 Å². The molecule has 1 N–H and O–H groups in total. The van der Waals surface area contributed by atoms with Crippen LogP contribution < -0.4 is 10.2 Å². The van der Waals surface area contributed by atoms with Crippen molar-refractivity contribution < 1.29 is 4.74 Å². The summed E-state index contributed by atoms with van der Waals surface area (Å²) >= 11 is 0. The molecule has 1 aliphatic carbocycles. The Morgan fingerprint density at radius 2 is 2.00 bits per heavy atom. The van der Waals surface area contributed by atoms with Crippen LogP contribution in [0.2, 0.25) is 0 Å². The summed E-state index contributed by atoms with van der Waals surface area (Å²) in [6.07, 6.45) is 6.45. The molecule has 1 fully saturated rings. The first-order valence-electron chi connectivity index (χ1n) is 8.49. The van der Waals surface area contributed by atoms with Crippen LogP contribution in [0.1, 0.15) is 44.6 Å². The highest BCUT2D eigenvalue weighted by Gasteiger charge is 2.37. The van der Waals surface area contributed by atoms with Gasteiger partial charge in [0.15, 0.2) is 0 Å². The summed E-state index contributed by atoms with van der Waals surface area (Å²) in [7, 11) is 0. The molecule has 116 valence electrons. The Morgan fingerprint density at radius 1 is 1.19 bits per heavy atom. The Kier molecular flexibility index (Phi) is 4.81. The minimum atomic E-state index is 0.323. The van der Waals surface area contributed by atoms with E-state index in [-0.39, 0.29) is 0 Å². The molecule has 1 aromatic rings. The molecule has 21 heavy (non-hydrogen) atoms. The van der Waals surface area contributed by atoms with E-state index >= 15 is 0 Å². The fourth-order valence-electron chi connectivity index (χ4n) is 3.77. The molecule has 1 heterocycles. The average molecular weight is 288 g/mol. The number of benzene rings is 1. The van der Waals surface area contributed by atoms with Crippen molar-refractivity contribution in [1.82, 2.24) is 5.32 Å². The van der Waals surface area contributed by atoms with Crippen LogP contribution in [0.15, 0.2) is 24.3 Å². The molecular formula is C18H28N2O. The van der Waals surface area contributed by atoms with Crippen molar-refractivity contribution in [2.24, 2.45) is 0 Å². The van der Waals surface area contributed by atoms with Gasteiger partial charge in [0.2, 0.25) is 0 Å². The zero-order valence-electron chi connectivity index (χ0n) is 13.2. The van der Waals surface area contributed by atoms with Crippen LogP contribution in [0, 0.1) is 0 Å². The maximum atomic E-state index is 5.73. The lowest BCUT2D eigenvalue weighted by Gasteiger charge is -2.34. The molecule has 0 unspecified atom stereocenters. The van der Waals surface area contributed by atoms with E-state index in [9.17, 15) is 0 Å². The van der Waals surface area contributed by atoms with Gasteiger partial charge in [0.25, 0.3) is 0 Å². The molecule has 3 heteroatoms. The first-order valence-corrected chi connectivity index (χ1v) is 8.49. The van der Waals surface area contributed by atoms with Gasteiger partial charge in [-0.05, 0) is 30.9 Å². The zero-order chi connectivity index (χ0) is 14.5. The second-order valence-electron chi connectivity index (χ2n) is 6.50. The predicted octanol–water partition coefficient (Wildman–Crippen LogP) is 3.34. The van der Waals surface area contributed by atoms with Crippen LogP contribution in [0.4, 0.5) is 5.69 Å². The fraction of sp³-hybridized carbons (Fsp3) is 0.667. The lowest BCUT2D eigenvalue weighted by atomic mass is 9.97. The van der Waals surface area contributed by atoms with Crippen molar-refractivity contribution in [3.63, 3.8) is 0 Å². The number of fused-ring (bicyclic) bond motifs is 1. The third-order valence-electron chi connectivity index (χ3n) is 4.89. The number of para-hydroxylation sites is 1. The highest BCUT2D eigenvalue weighted by Crippen LogP contribution is 2.35. The summed E-state index contributed by atoms with van der Waals surface area (Å²) in [5.41, 5.74) is 3.15. The molecule has 1 spiro atoms. The maximum Gasteiger partial charge on any atom is 0.0641 e. The Morgan fingerprint density at radius 3 is 2.81 bits per heavy atom. The number of hydrogen-bond acceptors (Lipinski definition) is 3. The van der Waals surface area contributed by atoms with E-state index < -0.39 is 0 Å². The Hall–Kier alpha value is -1.06. The fourth-order valence-corrected chi connectivity index (χ4v) is 3.77. The van der Waals surface area contributed by atoms with Gasteiger partial charge in [-0.3, -0.25) is 0 Å². The van der Waals surface area contributed by atoms with E-state index in [1.165, 1.54) is 36.9 Å². The third-order valence-corrected chi connectivity index (χ3v) is 4.89. The lowest BCUT2D eigenvalue weighted by molar-refractivity contribution is 0.139. The van der Waals surface area contributed by atoms with Gasteiger partial charge >= 0.3 is 0 Å². The Labute approximate surface area is 128 Å². The highest BCUT2D eigenvalue weighted by molar-refractivity contribution is 5.55. The SMILES string of the molecule is CCCOCCN1CC2(CCCC2)NCc2ccccc21. The van der Waals surface area contributed by atoms with Crippen LogP contribution in [-0.2, 0) is 11.3 Å². The second kappa shape index (κ2) is 6.80. The average Bonchev–Trinajstić information content (AvgIpc) is 2.91. The van der Waals surface area contributed by atoms with Gasteiger partial charge in [-0.15, -0.1) is 0 Å². The molecule has 3 rings (SSSR count). The molecular weight excluding hydrogens is 260 g/mol. The number of hydrogen-bond donors (Lipinski definition) is 1. The molecule has 1 aromatic carbocycles. The molecule has 0 saturated heterocycles. The molecule has 2 aliphatic rings. The van der Waals surface area contributed by atoms with Crippen LogP contribution in [0.25, 0.3) is 0 Å². The molecule has 0 bridgehead atoms. The largest absolute Gasteiger partial charge is 0.380 e. The number of rotatable bonds is 5. The van der Waals surface area contributed by atoms with Gasteiger partial charge in [0.05, 0.1) is 6.61 Å². The van der Waals surface area contributed by atoms with E-state index in [1.807, 2.05) is 0 Å². The van der Waals surface area contributed by atoms with Crippen LogP contribution in [-0.4, -0.2) is 31.8 Å². The molecule has 0 atom stereocenters. The Bertz CT molecular complexity index is 454. The van der Waals surface area contributed by atoms with Crippen molar-refractivity contribution in [3.8, 4) is 0 Å². The highest BCUT2D eigenvalue weighted by atomic mass is 16.5. The van der Waals surface area contributed by atoms with Gasteiger partial charge in [-0.2, -0.15) is 0 Å². The van der Waals surface area contributed by atoms with Gasteiger partial charge in [-0.25, -0.2) is 0 Å². The smallest absolute Gasteiger partial charge is 0.0641 e. The minimum Gasteiger partial charge on any atom is -0.380 e. The third kappa shape index (κ3) is 3.41. The van der Waals surface area contributed by atoms with Crippen molar-refractivity contribution in [2.45, 2.75) is 51.1 Å². The monoisotopic (exact) mass is 288 g/mol.